The summed E-state index contributed by atoms with van der Waals surface area (Å²) >= 11 is 0. The second-order valence-corrected chi connectivity index (χ2v) is 4.90. The molecule has 0 radical (unpaired) electrons. The first kappa shape index (κ1) is 12.2. The van der Waals surface area contributed by atoms with Crippen molar-refractivity contribution >= 4 is 17.3 Å². The maximum atomic E-state index is 11.2. The lowest BCUT2D eigenvalue weighted by Gasteiger charge is -2.20. The van der Waals surface area contributed by atoms with E-state index in [1.807, 2.05) is 19.9 Å². The molecular weight excluding hydrogens is 230 g/mol. The van der Waals surface area contributed by atoms with Gasteiger partial charge in [-0.15, -0.1) is 0 Å². The number of carbonyl (C=O) groups is 1. The van der Waals surface area contributed by atoms with Gasteiger partial charge in [-0.3, -0.25) is 4.79 Å². The van der Waals surface area contributed by atoms with E-state index in [0.29, 0.717) is 18.0 Å². The van der Waals surface area contributed by atoms with Gasteiger partial charge in [0.25, 0.3) is 5.91 Å². The van der Waals surface area contributed by atoms with E-state index in [0.717, 1.165) is 5.69 Å². The Morgan fingerprint density at radius 2 is 2.33 bits per heavy atom. The van der Waals surface area contributed by atoms with Crippen molar-refractivity contribution in [3.8, 4) is 11.8 Å². The Bertz CT molecular complexity index is 517. The molecule has 0 bridgehead atoms. The van der Waals surface area contributed by atoms with E-state index in [1.165, 1.54) is 0 Å². The number of nitrogens with zero attached hydrogens (tertiary/aromatic N) is 1. The number of benzene rings is 1. The van der Waals surface area contributed by atoms with E-state index in [4.69, 9.17) is 10.00 Å². The van der Waals surface area contributed by atoms with Crippen LogP contribution in [-0.4, -0.2) is 19.1 Å². The highest BCUT2D eigenvalue weighted by molar-refractivity contribution is 5.96. The fraction of sp³-hybridized carbons (Fsp3) is 0.385. The molecule has 1 aliphatic heterocycles. The molecule has 0 saturated heterocycles. The van der Waals surface area contributed by atoms with Crippen LogP contribution >= 0.6 is 0 Å². The molecule has 0 spiro atoms. The SMILES string of the molecule is CC(C)(C#N)CNc1ccc2c(c1)NC(=O)CO2. The molecule has 1 aromatic rings. The second kappa shape index (κ2) is 4.57. The highest BCUT2D eigenvalue weighted by Gasteiger charge is 2.18. The third kappa shape index (κ3) is 2.72. The molecule has 1 amide bonds. The first-order chi connectivity index (χ1) is 8.50. The molecule has 0 atom stereocenters. The van der Waals surface area contributed by atoms with Gasteiger partial charge in [-0.05, 0) is 32.0 Å². The molecular formula is C13H15N3O2. The van der Waals surface area contributed by atoms with E-state index >= 15 is 0 Å². The zero-order valence-electron chi connectivity index (χ0n) is 10.4. The summed E-state index contributed by atoms with van der Waals surface area (Å²) in [5.74, 6) is 0.511. The topological polar surface area (TPSA) is 74.2 Å². The molecule has 2 rings (SSSR count). The Morgan fingerprint density at radius 1 is 1.56 bits per heavy atom. The smallest absolute Gasteiger partial charge is 0.262 e. The zero-order chi connectivity index (χ0) is 13.2. The minimum atomic E-state index is -0.435. The normalized spacial score (nSPS) is 13.9. The van der Waals surface area contributed by atoms with Gasteiger partial charge in [0.05, 0.1) is 17.2 Å². The summed E-state index contributed by atoms with van der Waals surface area (Å²) in [6.45, 7) is 4.32. The number of ether oxygens (including phenoxy) is 1. The fourth-order valence-corrected chi connectivity index (χ4v) is 1.56. The van der Waals surface area contributed by atoms with E-state index in [1.54, 1.807) is 12.1 Å². The fourth-order valence-electron chi connectivity index (χ4n) is 1.56. The first-order valence-electron chi connectivity index (χ1n) is 5.72. The van der Waals surface area contributed by atoms with Crippen LogP contribution in [0.4, 0.5) is 11.4 Å². The molecule has 0 aliphatic carbocycles. The molecule has 0 fully saturated rings. The molecule has 0 unspecified atom stereocenters. The van der Waals surface area contributed by atoms with Crippen LogP contribution in [0.2, 0.25) is 0 Å². The van der Waals surface area contributed by atoms with Crippen LogP contribution < -0.4 is 15.4 Å². The maximum Gasteiger partial charge on any atom is 0.262 e. The van der Waals surface area contributed by atoms with Crippen molar-refractivity contribution in [2.24, 2.45) is 5.41 Å². The number of carbonyl (C=O) groups excluding carboxylic acids is 1. The van der Waals surface area contributed by atoms with E-state index in [2.05, 4.69) is 16.7 Å². The summed E-state index contributed by atoms with van der Waals surface area (Å²) in [6.07, 6.45) is 0. The number of rotatable bonds is 3. The predicted molar refractivity (Wildman–Crippen MR) is 68.5 cm³/mol. The summed E-state index contributed by atoms with van der Waals surface area (Å²) < 4.78 is 5.27. The van der Waals surface area contributed by atoms with Gasteiger partial charge in [0, 0.05) is 12.2 Å². The molecule has 1 aromatic carbocycles. The van der Waals surface area contributed by atoms with Crippen LogP contribution in [0, 0.1) is 16.7 Å². The molecule has 1 heterocycles. The van der Waals surface area contributed by atoms with Crippen LogP contribution in [0.25, 0.3) is 0 Å². The van der Waals surface area contributed by atoms with Gasteiger partial charge in [-0.1, -0.05) is 0 Å². The number of amides is 1. The molecule has 94 valence electrons. The van der Waals surface area contributed by atoms with Gasteiger partial charge in [-0.25, -0.2) is 0 Å². The Hall–Kier alpha value is -2.22. The summed E-state index contributed by atoms with van der Waals surface area (Å²) in [6, 6.07) is 7.70. The highest BCUT2D eigenvalue weighted by Crippen LogP contribution is 2.30. The van der Waals surface area contributed by atoms with Crippen molar-refractivity contribution < 1.29 is 9.53 Å². The summed E-state index contributed by atoms with van der Waals surface area (Å²) in [4.78, 5) is 11.2. The van der Waals surface area contributed by atoms with Gasteiger partial charge < -0.3 is 15.4 Å². The van der Waals surface area contributed by atoms with Crippen LogP contribution in [0.3, 0.4) is 0 Å². The Kier molecular flexibility index (Phi) is 3.11. The van der Waals surface area contributed by atoms with Crippen molar-refractivity contribution in [1.29, 1.82) is 5.26 Å². The number of hydrogen-bond donors (Lipinski definition) is 2. The van der Waals surface area contributed by atoms with Gasteiger partial charge in [0.15, 0.2) is 6.61 Å². The molecule has 5 nitrogen and oxygen atoms in total. The number of anilines is 2. The summed E-state index contributed by atoms with van der Waals surface area (Å²) in [5, 5.41) is 14.8. The minimum Gasteiger partial charge on any atom is -0.482 e. The van der Waals surface area contributed by atoms with Crippen molar-refractivity contribution in [2.45, 2.75) is 13.8 Å². The lowest BCUT2D eigenvalue weighted by molar-refractivity contribution is -0.118. The Balaban J connectivity index is 2.10. The quantitative estimate of drug-likeness (QED) is 0.853. The van der Waals surface area contributed by atoms with Gasteiger partial charge in [0.2, 0.25) is 0 Å². The van der Waals surface area contributed by atoms with E-state index in [-0.39, 0.29) is 12.5 Å². The van der Waals surface area contributed by atoms with Crippen LogP contribution in [-0.2, 0) is 4.79 Å². The number of nitrogens with one attached hydrogen (secondary N) is 2. The molecule has 5 heteroatoms. The third-order valence-electron chi connectivity index (χ3n) is 2.65. The highest BCUT2D eigenvalue weighted by atomic mass is 16.5. The average molecular weight is 245 g/mol. The number of nitriles is 1. The van der Waals surface area contributed by atoms with E-state index < -0.39 is 5.41 Å². The van der Waals surface area contributed by atoms with Crippen LogP contribution in [0.1, 0.15) is 13.8 Å². The lowest BCUT2D eigenvalue weighted by Crippen LogP contribution is -2.25. The van der Waals surface area contributed by atoms with Crippen molar-refractivity contribution in [3.05, 3.63) is 18.2 Å². The largest absolute Gasteiger partial charge is 0.482 e. The van der Waals surface area contributed by atoms with Gasteiger partial charge in [-0.2, -0.15) is 5.26 Å². The molecule has 2 N–H and O–H groups in total. The van der Waals surface area contributed by atoms with Crippen molar-refractivity contribution in [3.63, 3.8) is 0 Å². The average Bonchev–Trinajstić information content (AvgIpc) is 2.36. The van der Waals surface area contributed by atoms with Crippen molar-refractivity contribution in [1.82, 2.24) is 0 Å². The Labute approximate surface area is 106 Å². The van der Waals surface area contributed by atoms with E-state index in [9.17, 15) is 4.79 Å². The third-order valence-corrected chi connectivity index (χ3v) is 2.65. The summed E-state index contributed by atoms with van der Waals surface area (Å²) in [7, 11) is 0. The van der Waals surface area contributed by atoms with Crippen molar-refractivity contribution in [2.75, 3.05) is 23.8 Å². The number of fused-ring (bicyclic) bond motifs is 1. The zero-order valence-corrected chi connectivity index (χ0v) is 10.4. The minimum absolute atomic E-state index is 0.0568. The molecule has 0 aromatic heterocycles. The van der Waals surface area contributed by atoms with Crippen LogP contribution in [0.5, 0.6) is 5.75 Å². The maximum absolute atomic E-state index is 11.2. The number of hydrogen-bond acceptors (Lipinski definition) is 4. The predicted octanol–water partition coefficient (Wildman–Crippen LogP) is 1.98. The van der Waals surface area contributed by atoms with Gasteiger partial charge >= 0.3 is 0 Å². The van der Waals surface area contributed by atoms with Crippen LogP contribution in [0.15, 0.2) is 18.2 Å². The lowest BCUT2D eigenvalue weighted by atomic mass is 9.96. The van der Waals surface area contributed by atoms with Gasteiger partial charge in [0.1, 0.15) is 5.75 Å². The Morgan fingerprint density at radius 3 is 3.06 bits per heavy atom. The molecule has 0 saturated carbocycles. The monoisotopic (exact) mass is 245 g/mol. The molecule has 1 aliphatic rings. The standard InChI is InChI=1S/C13H15N3O2/c1-13(2,7-14)8-15-9-3-4-11-10(5-9)16-12(17)6-18-11/h3-5,15H,6,8H2,1-2H3,(H,16,17). The molecule has 18 heavy (non-hydrogen) atoms. The second-order valence-electron chi connectivity index (χ2n) is 4.90. The summed E-state index contributed by atoms with van der Waals surface area (Å²) in [5.41, 5.74) is 1.07. The first-order valence-corrected chi connectivity index (χ1v) is 5.72.